The number of hydrogen-bond donors (Lipinski definition) is 2. The van der Waals surface area contributed by atoms with Crippen molar-refractivity contribution < 1.29 is 9.84 Å². The predicted molar refractivity (Wildman–Crippen MR) is 98.1 cm³/mol. The van der Waals surface area contributed by atoms with Crippen LogP contribution in [0.1, 0.15) is 11.1 Å². The van der Waals surface area contributed by atoms with Crippen LogP contribution >= 0.6 is 0 Å². The third kappa shape index (κ3) is 4.35. The number of nitrogens with one attached hydrogen (secondary N) is 1. The molecule has 0 aliphatic carbocycles. The molecule has 0 heterocycles. The molecule has 3 aromatic rings. The second-order valence-electron chi connectivity index (χ2n) is 5.53. The first-order valence-corrected chi connectivity index (χ1v) is 7.91. The molecule has 0 bridgehead atoms. The van der Waals surface area contributed by atoms with Gasteiger partial charge < -0.3 is 15.2 Å². The van der Waals surface area contributed by atoms with Crippen molar-refractivity contribution in [1.82, 2.24) is 0 Å². The summed E-state index contributed by atoms with van der Waals surface area (Å²) in [6.07, 6.45) is 0. The molecule has 0 amide bonds. The first-order valence-electron chi connectivity index (χ1n) is 7.91. The van der Waals surface area contributed by atoms with Crippen LogP contribution < -0.4 is 10.1 Å². The lowest BCUT2D eigenvalue weighted by molar-refractivity contribution is 0.303. The van der Waals surface area contributed by atoms with Gasteiger partial charge in [-0.05, 0) is 41.1 Å². The van der Waals surface area contributed by atoms with E-state index in [1.165, 1.54) is 0 Å². The third-order valence-electron chi connectivity index (χ3n) is 3.76. The molecular weight excluding hydrogens is 316 g/mol. The second-order valence-corrected chi connectivity index (χ2v) is 5.53. The molecule has 0 aliphatic heterocycles. The number of anilines is 1. The van der Waals surface area contributed by atoms with Gasteiger partial charge in [0, 0.05) is 12.1 Å². The van der Waals surface area contributed by atoms with Crippen LogP contribution in [0.3, 0.4) is 0 Å². The Morgan fingerprint density at radius 1 is 0.960 bits per heavy atom. The highest BCUT2D eigenvalue weighted by molar-refractivity contribution is 5.55. The number of nitroso groups, excluding NO2 is 1. The largest absolute Gasteiger partial charge is 0.506 e. The van der Waals surface area contributed by atoms with Crippen LogP contribution in [-0.2, 0) is 13.2 Å². The van der Waals surface area contributed by atoms with Crippen molar-refractivity contribution in [2.45, 2.75) is 13.2 Å². The zero-order valence-corrected chi connectivity index (χ0v) is 13.6. The lowest BCUT2D eigenvalue weighted by Crippen LogP contribution is -2.03. The topological polar surface area (TPSA) is 70.9 Å². The van der Waals surface area contributed by atoms with Crippen molar-refractivity contribution in [1.29, 1.82) is 0 Å². The van der Waals surface area contributed by atoms with Crippen LogP contribution in [0, 0.1) is 4.91 Å². The Kier molecular flexibility index (Phi) is 5.26. The predicted octanol–water partition coefficient (Wildman–Crippen LogP) is 4.98. The average molecular weight is 334 g/mol. The number of rotatable bonds is 7. The molecule has 0 atom stereocenters. The van der Waals surface area contributed by atoms with Crippen LogP contribution in [0.4, 0.5) is 11.4 Å². The maximum atomic E-state index is 10.6. The highest BCUT2D eigenvalue weighted by atomic mass is 16.5. The highest BCUT2D eigenvalue weighted by Gasteiger charge is 2.06. The summed E-state index contributed by atoms with van der Waals surface area (Å²) >= 11 is 0. The highest BCUT2D eigenvalue weighted by Crippen LogP contribution is 2.25. The fraction of sp³-hybridized carbons (Fsp3) is 0.100. The molecule has 5 nitrogen and oxygen atoms in total. The Balaban J connectivity index is 1.68. The lowest BCUT2D eigenvalue weighted by atomic mass is 10.2. The number of para-hydroxylation sites is 3. The number of phenolic OH excluding ortho intramolecular Hbond substituents is 1. The van der Waals surface area contributed by atoms with Crippen molar-refractivity contribution in [2.24, 2.45) is 5.18 Å². The van der Waals surface area contributed by atoms with Crippen molar-refractivity contribution in [3.05, 3.63) is 88.8 Å². The fourth-order valence-electron chi connectivity index (χ4n) is 2.47. The first kappa shape index (κ1) is 16.5. The Bertz CT molecular complexity index is 865. The minimum absolute atomic E-state index is 0.207. The van der Waals surface area contributed by atoms with E-state index in [2.05, 4.69) is 10.5 Å². The van der Waals surface area contributed by atoms with E-state index in [1.54, 1.807) is 30.3 Å². The Morgan fingerprint density at radius 2 is 1.76 bits per heavy atom. The smallest absolute Gasteiger partial charge is 0.138 e. The summed E-state index contributed by atoms with van der Waals surface area (Å²) in [6, 6.07) is 21.8. The van der Waals surface area contributed by atoms with E-state index in [1.807, 2.05) is 42.5 Å². The molecule has 0 spiro atoms. The molecule has 0 aromatic heterocycles. The number of phenols is 1. The maximum absolute atomic E-state index is 10.6. The van der Waals surface area contributed by atoms with Crippen LogP contribution in [0.2, 0.25) is 0 Å². The molecule has 0 aliphatic rings. The molecule has 0 unspecified atom stereocenters. The monoisotopic (exact) mass is 334 g/mol. The van der Waals surface area contributed by atoms with Crippen molar-refractivity contribution in [3.63, 3.8) is 0 Å². The summed E-state index contributed by atoms with van der Waals surface area (Å²) in [5.74, 6) is 0.953. The molecule has 0 radical (unpaired) electrons. The summed E-state index contributed by atoms with van der Waals surface area (Å²) < 4.78 is 5.90. The van der Waals surface area contributed by atoms with Crippen LogP contribution in [0.25, 0.3) is 0 Å². The van der Waals surface area contributed by atoms with E-state index in [0.717, 1.165) is 16.9 Å². The zero-order chi connectivity index (χ0) is 17.5. The van der Waals surface area contributed by atoms with Gasteiger partial charge in [0.05, 0.1) is 5.69 Å². The lowest BCUT2D eigenvalue weighted by Gasteiger charge is -2.13. The number of benzene rings is 3. The molecule has 3 aromatic carbocycles. The van der Waals surface area contributed by atoms with Crippen molar-refractivity contribution in [2.75, 3.05) is 5.32 Å². The molecule has 0 saturated carbocycles. The van der Waals surface area contributed by atoms with Gasteiger partial charge in [0.25, 0.3) is 0 Å². The summed E-state index contributed by atoms with van der Waals surface area (Å²) in [5, 5.41) is 16.0. The van der Waals surface area contributed by atoms with Crippen molar-refractivity contribution >= 4 is 11.4 Å². The van der Waals surface area contributed by atoms with Gasteiger partial charge >= 0.3 is 0 Å². The van der Waals surface area contributed by atoms with Crippen LogP contribution in [0.5, 0.6) is 11.5 Å². The van der Waals surface area contributed by atoms with Gasteiger partial charge in [-0.15, -0.1) is 4.91 Å². The summed E-state index contributed by atoms with van der Waals surface area (Å²) in [5.41, 5.74) is 2.90. The second kappa shape index (κ2) is 7.97. The molecule has 0 saturated heterocycles. The number of nitrogens with zero attached hydrogens (tertiary/aromatic N) is 1. The van der Waals surface area contributed by atoms with Gasteiger partial charge in [-0.1, -0.05) is 42.5 Å². The number of hydrogen-bond acceptors (Lipinski definition) is 5. The Labute approximate surface area is 145 Å². The Hall–Kier alpha value is -3.34. The maximum Gasteiger partial charge on any atom is 0.138 e. The molecule has 25 heavy (non-hydrogen) atoms. The minimum atomic E-state index is 0.207. The van der Waals surface area contributed by atoms with Gasteiger partial charge in [0.1, 0.15) is 23.8 Å². The van der Waals surface area contributed by atoms with E-state index in [4.69, 9.17) is 4.74 Å². The van der Waals surface area contributed by atoms with E-state index < -0.39 is 0 Å². The third-order valence-corrected chi connectivity index (χ3v) is 3.76. The van der Waals surface area contributed by atoms with Gasteiger partial charge in [0.15, 0.2) is 0 Å². The van der Waals surface area contributed by atoms with Gasteiger partial charge in [-0.3, -0.25) is 0 Å². The van der Waals surface area contributed by atoms with E-state index in [9.17, 15) is 10.0 Å². The molecular formula is C20H18N2O3. The van der Waals surface area contributed by atoms with E-state index in [0.29, 0.717) is 24.5 Å². The van der Waals surface area contributed by atoms with Gasteiger partial charge in [-0.2, -0.15) is 0 Å². The summed E-state index contributed by atoms with van der Waals surface area (Å²) in [7, 11) is 0. The quantitative estimate of drug-likeness (QED) is 0.472. The van der Waals surface area contributed by atoms with Gasteiger partial charge in [-0.25, -0.2) is 0 Å². The van der Waals surface area contributed by atoms with E-state index in [-0.39, 0.29) is 5.75 Å². The molecule has 3 rings (SSSR count). The molecule has 0 fully saturated rings. The Morgan fingerprint density at radius 3 is 2.60 bits per heavy atom. The first-order chi connectivity index (χ1) is 12.3. The SMILES string of the molecule is O=Nc1cccc(COc2ccccc2CNc2ccccc2O)c1. The fourth-order valence-corrected chi connectivity index (χ4v) is 2.47. The normalized spacial score (nSPS) is 10.2. The molecule has 126 valence electrons. The van der Waals surface area contributed by atoms with Gasteiger partial charge in [0.2, 0.25) is 0 Å². The summed E-state index contributed by atoms with van der Waals surface area (Å²) in [6.45, 7) is 0.862. The molecule has 5 heteroatoms. The van der Waals surface area contributed by atoms with Crippen LogP contribution in [0.15, 0.2) is 78.0 Å². The number of aromatic hydroxyl groups is 1. The molecule has 2 N–H and O–H groups in total. The minimum Gasteiger partial charge on any atom is -0.506 e. The summed E-state index contributed by atoms with van der Waals surface area (Å²) in [4.78, 5) is 10.6. The van der Waals surface area contributed by atoms with Crippen LogP contribution in [-0.4, -0.2) is 5.11 Å². The average Bonchev–Trinajstić information content (AvgIpc) is 2.66. The standard InChI is InChI=1S/C20H18N2O3/c23-19-10-3-2-9-18(19)21-13-16-7-1-4-11-20(16)25-14-15-6-5-8-17(12-15)22-24/h1-12,21,23H,13-14H2. The zero-order valence-electron chi connectivity index (χ0n) is 13.6. The number of ether oxygens (including phenoxy) is 1. The van der Waals surface area contributed by atoms with E-state index >= 15 is 0 Å². The van der Waals surface area contributed by atoms with Crippen molar-refractivity contribution in [3.8, 4) is 11.5 Å².